The Hall–Kier alpha value is -6.86. The van der Waals surface area contributed by atoms with Gasteiger partial charge in [0.2, 0.25) is 0 Å². The number of aryl methyl sites for hydroxylation is 2. The Morgan fingerprint density at radius 3 is 1.15 bits per heavy atom. The van der Waals surface area contributed by atoms with Crippen LogP contribution in [-0.4, -0.2) is 20.4 Å². The number of phenolic OH excluding ortho intramolecular Hbond substituents is 4. The normalized spacial score (nSPS) is 13.1. The van der Waals surface area contributed by atoms with Gasteiger partial charge in [0.05, 0.1) is 0 Å². The lowest BCUT2D eigenvalue weighted by Gasteiger charge is -2.14. The molecule has 4 N–H and O–H groups in total. The quantitative estimate of drug-likeness (QED) is 0.135. The van der Waals surface area contributed by atoms with E-state index < -0.39 is 0 Å². The summed E-state index contributed by atoms with van der Waals surface area (Å²) in [5.74, 6) is 0.567. The molecule has 0 amide bonds. The highest BCUT2D eigenvalue weighted by molar-refractivity contribution is 7.16. The summed E-state index contributed by atoms with van der Waals surface area (Å²) in [6, 6.07) is 48.1. The molecule has 0 saturated carbocycles. The molecule has 0 saturated heterocycles. The Bertz CT molecular complexity index is 3250. The van der Waals surface area contributed by atoms with Gasteiger partial charge in [0.25, 0.3) is 0 Å². The summed E-state index contributed by atoms with van der Waals surface area (Å²) in [5, 5.41) is 52.2. The number of hydrogen-bond acceptors (Lipinski definition) is 6. The average Bonchev–Trinajstić information content (AvgIpc) is 4.02. The Kier molecular flexibility index (Phi) is 8.78. The molecule has 0 unspecified atom stereocenters. The van der Waals surface area contributed by atoms with E-state index in [2.05, 4.69) is 62.4 Å². The zero-order valence-corrected chi connectivity index (χ0v) is 35.2. The molecule has 1 aliphatic carbocycles. The minimum Gasteiger partial charge on any atom is -0.507 e. The van der Waals surface area contributed by atoms with Gasteiger partial charge in [-0.1, -0.05) is 97.1 Å². The summed E-state index contributed by atoms with van der Waals surface area (Å²) in [6.07, 6.45) is 3.19. The number of allylic oxidation sites excluding steroid dienone is 2. The second-order valence-electron chi connectivity index (χ2n) is 16.1. The van der Waals surface area contributed by atoms with Crippen molar-refractivity contribution in [2.24, 2.45) is 0 Å². The van der Waals surface area contributed by atoms with Crippen LogP contribution in [0.4, 0.5) is 0 Å². The molecule has 11 rings (SSSR count). The third kappa shape index (κ3) is 6.08. The van der Waals surface area contributed by atoms with Crippen LogP contribution in [0.5, 0.6) is 23.0 Å². The molecular weight excluding hydrogens is 789 g/mol. The number of thiophene rings is 2. The van der Waals surface area contributed by atoms with E-state index in [0.717, 1.165) is 73.5 Å². The molecule has 0 atom stereocenters. The van der Waals surface area contributed by atoms with Crippen LogP contribution in [0.25, 0.3) is 97.4 Å². The van der Waals surface area contributed by atoms with Crippen molar-refractivity contribution in [2.75, 3.05) is 0 Å². The lowest BCUT2D eigenvalue weighted by molar-refractivity contribution is 0.470. The van der Waals surface area contributed by atoms with Crippen LogP contribution in [0.15, 0.2) is 146 Å². The first-order chi connectivity index (χ1) is 29.7. The predicted octanol–water partition coefficient (Wildman–Crippen LogP) is 15.6. The van der Waals surface area contributed by atoms with E-state index in [1.54, 1.807) is 24.3 Å². The SMILES string of the molecule is Cc1sc(-c2ccc3c(-c4c(O)ccc5ccccc45)c(O)ccc3c2)cc1C1=C(c2cc(-c3ccc4c(-c5c(O)ccc6ccccc56)c(O)ccc4c3)sc2C)CCC1. The number of benzene rings is 8. The highest BCUT2D eigenvalue weighted by Gasteiger charge is 2.25. The third-order valence-electron chi connectivity index (χ3n) is 12.6. The summed E-state index contributed by atoms with van der Waals surface area (Å²) in [5.41, 5.74) is 10.3. The van der Waals surface area contributed by atoms with Crippen LogP contribution >= 0.6 is 22.7 Å². The molecule has 0 radical (unpaired) electrons. The van der Waals surface area contributed by atoms with Crippen LogP contribution < -0.4 is 0 Å². The maximum absolute atomic E-state index is 11.2. The van der Waals surface area contributed by atoms with Gasteiger partial charge in [0.15, 0.2) is 0 Å². The van der Waals surface area contributed by atoms with Crippen LogP contribution in [0, 0.1) is 13.8 Å². The molecule has 6 heteroatoms. The molecule has 0 aliphatic heterocycles. The Morgan fingerprint density at radius 2 is 0.738 bits per heavy atom. The second-order valence-corrected chi connectivity index (χ2v) is 18.6. The van der Waals surface area contributed by atoms with Crippen LogP contribution in [0.2, 0.25) is 0 Å². The van der Waals surface area contributed by atoms with Gasteiger partial charge >= 0.3 is 0 Å². The van der Waals surface area contributed by atoms with Crippen molar-refractivity contribution in [3.8, 4) is 66.1 Å². The molecule has 0 spiro atoms. The van der Waals surface area contributed by atoms with Crippen molar-refractivity contribution in [1.29, 1.82) is 0 Å². The average molecular weight is 829 g/mol. The van der Waals surface area contributed by atoms with Gasteiger partial charge in [-0.3, -0.25) is 0 Å². The topological polar surface area (TPSA) is 80.9 Å². The van der Waals surface area contributed by atoms with E-state index in [4.69, 9.17) is 0 Å². The van der Waals surface area contributed by atoms with Gasteiger partial charge < -0.3 is 20.4 Å². The maximum Gasteiger partial charge on any atom is 0.124 e. The van der Waals surface area contributed by atoms with E-state index >= 15 is 0 Å². The minimum atomic E-state index is 0.141. The zero-order chi connectivity index (χ0) is 41.5. The molecule has 1 aliphatic rings. The number of phenols is 4. The molecule has 10 aromatic rings. The van der Waals surface area contributed by atoms with Gasteiger partial charge in [-0.25, -0.2) is 0 Å². The Balaban J connectivity index is 0.947. The number of rotatable bonds is 6. The summed E-state index contributed by atoms with van der Waals surface area (Å²) in [6.45, 7) is 4.47. The molecule has 296 valence electrons. The molecule has 61 heavy (non-hydrogen) atoms. The van der Waals surface area contributed by atoms with Crippen molar-refractivity contribution < 1.29 is 20.4 Å². The number of fused-ring (bicyclic) bond motifs is 4. The first kappa shape index (κ1) is 37.2. The van der Waals surface area contributed by atoms with E-state index in [9.17, 15) is 20.4 Å². The van der Waals surface area contributed by atoms with Gasteiger partial charge in [-0.2, -0.15) is 0 Å². The van der Waals surface area contributed by atoms with E-state index in [1.165, 1.54) is 41.8 Å². The fourth-order valence-corrected chi connectivity index (χ4v) is 11.8. The van der Waals surface area contributed by atoms with Crippen molar-refractivity contribution in [1.82, 2.24) is 0 Å². The third-order valence-corrected chi connectivity index (χ3v) is 14.8. The second kappa shape index (κ2) is 14.4. The molecular formula is C55H40O4S2. The van der Waals surface area contributed by atoms with Crippen LogP contribution in [0.1, 0.15) is 40.1 Å². The molecule has 2 aromatic heterocycles. The van der Waals surface area contributed by atoms with E-state index in [1.807, 2.05) is 95.5 Å². The van der Waals surface area contributed by atoms with Crippen LogP contribution in [-0.2, 0) is 0 Å². The fraction of sp³-hybridized carbons (Fsp3) is 0.0909. The standard InChI is InChI=1S/C55H40O4S2/c1-30-44(28-50(60-30)36-14-20-40-34(26-36)18-24-48(58)54(40)52-38-10-5-3-8-32(38)16-22-46(52)56)42-12-7-13-43(42)45-29-51(61-31(45)2)37-15-21-41-35(27-37)19-25-49(59)55(41)53-39-11-6-4-9-33(39)17-23-47(53)57/h3-6,8-11,14-29,56-59H,7,12-13H2,1-2H3. The summed E-state index contributed by atoms with van der Waals surface area (Å²) in [7, 11) is 0. The van der Waals surface area contributed by atoms with Crippen molar-refractivity contribution in [3.63, 3.8) is 0 Å². The van der Waals surface area contributed by atoms with Gasteiger partial charge in [0, 0.05) is 41.8 Å². The number of aromatic hydroxyl groups is 4. The van der Waals surface area contributed by atoms with E-state index in [-0.39, 0.29) is 23.0 Å². The number of hydrogen-bond donors (Lipinski definition) is 4. The lowest BCUT2D eigenvalue weighted by Crippen LogP contribution is -1.88. The van der Waals surface area contributed by atoms with Gasteiger partial charge in [-0.05, 0) is 158 Å². The molecule has 2 heterocycles. The van der Waals surface area contributed by atoms with Crippen molar-refractivity contribution >= 4 is 76.9 Å². The lowest BCUT2D eigenvalue weighted by atomic mass is 9.91. The van der Waals surface area contributed by atoms with E-state index in [0.29, 0.717) is 22.3 Å². The highest BCUT2D eigenvalue weighted by atomic mass is 32.1. The van der Waals surface area contributed by atoms with Gasteiger partial charge in [0.1, 0.15) is 23.0 Å². The van der Waals surface area contributed by atoms with Gasteiger partial charge in [-0.15, -0.1) is 22.7 Å². The largest absolute Gasteiger partial charge is 0.507 e. The zero-order valence-electron chi connectivity index (χ0n) is 33.6. The fourth-order valence-electron chi connectivity index (χ4n) is 9.70. The van der Waals surface area contributed by atoms with Crippen LogP contribution in [0.3, 0.4) is 0 Å². The smallest absolute Gasteiger partial charge is 0.124 e. The van der Waals surface area contributed by atoms with Crippen molar-refractivity contribution in [3.05, 3.63) is 166 Å². The molecule has 8 aromatic carbocycles. The first-order valence-electron chi connectivity index (χ1n) is 20.6. The molecule has 0 bridgehead atoms. The molecule has 0 fully saturated rings. The Morgan fingerprint density at radius 1 is 0.377 bits per heavy atom. The monoisotopic (exact) mass is 828 g/mol. The molecule has 4 nitrogen and oxygen atoms in total. The highest BCUT2D eigenvalue weighted by Crippen LogP contribution is 2.50. The minimum absolute atomic E-state index is 0.141. The van der Waals surface area contributed by atoms with Crippen molar-refractivity contribution in [2.45, 2.75) is 33.1 Å². The first-order valence-corrected chi connectivity index (χ1v) is 22.2. The summed E-state index contributed by atoms with van der Waals surface area (Å²) in [4.78, 5) is 5.01. The Labute approximate surface area is 361 Å². The predicted molar refractivity (Wildman–Crippen MR) is 257 cm³/mol. The summed E-state index contributed by atoms with van der Waals surface area (Å²) < 4.78 is 0. The maximum atomic E-state index is 11.2. The summed E-state index contributed by atoms with van der Waals surface area (Å²) >= 11 is 3.65.